The predicted molar refractivity (Wildman–Crippen MR) is 154 cm³/mol. The summed E-state index contributed by atoms with van der Waals surface area (Å²) < 4.78 is 16.9. The van der Waals surface area contributed by atoms with E-state index in [1.54, 1.807) is 36.4 Å². The van der Waals surface area contributed by atoms with Gasteiger partial charge in [0, 0.05) is 11.8 Å². The van der Waals surface area contributed by atoms with E-state index < -0.39 is 17.8 Å². The summed E-state index contributed by atoms with van der Waals surface area (Å²) >= 11 is 0. The molecule has 2 N–H and O–H groups in total. The minimum Gasteiger partial charge on any atom is -0.490 e. The van der Waals surface area contributed by atoms with E-state index in [4.69, 9.17) is 14.2 Å². The molecule has 0 radical (unpaired) electrons. The highest BCUT2D eigenvalue weighted by Gasteiger charge is 2.37. The summed E-state index contributed by atoms with van der Waals surface area (Å²) in [7, 11) is 0. The first-order chi connectivity index (χ1) is 19.8. The molecule has 212 valence electrons. The summed E-state index contributed by atoms with van der Waals surface area (Å²) in [5, 5.41) is 5.01. The van der Waals surface area contributed by atoms with Crippen LogP contribution in [0.4, 0.5) is 16.2 Å². The maximum atomic E-state index is 13.3. The van der Waals surface area contributed by atoms with E-state index in [9.17, 15) is 19.2 Å². The molecule has 1 aliphatic heterocycles. The van der Waals surface area contributed by atoms with Crippen molar-refractivity contribution < 1.29 is 33.4 Å². The van der Waals surface area contributed by atoms with Gasteiger partial charge in [-0.25, -0.2) is 9.69 Å². The number of hydrogen-bond acceptors (Lipinski definition) is 7. The number of urea groups is 1. The zero-order chi connectivity index (χ0) is 29.4. The fourth-order valence-corrected chi connectivity index (χ4v) is 4.00. The molecule has 0 saturated carbocycles. The highest BCUT2D eigenvalue weighted by Crippen LogP contribution is 2.34. The molecule has 0 atom stereocenters. The van der Waals surface area contributed by atoms with Gasteiger partial charge in [0.25, 0.3) is 17.7 Å². The van der Waals surface area contributed by atoms with Gasteiger partial charge in [-0.05, 0) is 67.8 Å². The Morgan fingerprint density at radius 3 is 2.39 bits per heavy atom. The van der Waals surface area contributed by atoms with Crippen LogP contribution in [0.15, 0.2) is 72.3 Å². The van der Waals surface area contributed by atoms with Gasteiger partial charge in [-0.15, -0.1) is 0 Å². The number of nitrogens with one attached hydrogen (secondary N) is 2. The van der Waals surface area contributed by atoms with E-state index in [1.807, 2.05) is 45.0 Å². The number of hydrogen-bond donors (Lipinski definition) is 2. The largest absolute Gasteiger partial charge is 0.490 e. The number of aryl methyl sites for hydroxylation is 1. The van der Waals surface area contributed by atoms with E-state index >= 15 is 0 Å². The summed E-state index contributed by atoms with van der Waals surface area (Å²) in [5.41, 5.74) is 2.17. The van der Waals surface area contributed by atoms with Crippen molar-refractivity contribution in [3.8, 4) is 17.2 Å². The van der Waals surface area contributed by atoms with Crippen LogP contribution in [-0.2, 0) is 14.4 Å². The Morgan fingerprint density at radius 1 is 0.927 bits per heavy atom. The Labute approximate surface area is 237 Å². The number of imide groups is 2. The van der Waals surface area contributed by atoms with Crippen LogP contribution in [0.2, 0.25) is 0 Å². The molecule has 1 heterocycles. The molecule has 4 rings (SSSR count). The maximum absolute atomic E-state index is 13.3. The molecule has 0 bridgehead atoms. The number of ether oxygens (including phenoxy) is 3. The Balaban J connectivity index is 1.47. The van der Waals surface area contributed by atoms with Crippen LogP contribution in [0.3, 0.4) is 0 Å². The fraction of sp³-hybridized carbons (Fsp3) is 0.226. The number of anilines is 2. The monoisotopic (exact) mass is 557 g/mol. The second kappa shape index (κ2) is 13.3. The van der Waals surface area contributed by atoms with Crippen molar-refractivity contribution in [3.63, 3.8) is 0 Å². The highest BCUT2D eigenvalue weighted by molar-refractivity contribution is 6.39. The zero-order valence-electron chi connectivity index (χ0n) is 23.1. The molecule has 41 heavy (non-hydrogen) atoms. The van der Waals surface area contributed by atoms with Crippen LogP contribution in [0, 0.1) is 6.92 Å². The smallest absolute Gasteiger partial charge is 0.335 e. The lowest BCUT2D eigenvalue weighted by atomic mass is 10.1. The first kappa shape index (κ1) is 28.9. The molecule has 1 fully saturated rings. The van der Waals surface area contributed by atoms with Crippen molar-refractivity contribution >= 4 is 41.2 Å². The fourth-order valence-electron chi connectivity index (χ4n) is 4.00. The lowest BCUT2D eigenvalue weighted by Gasteiger charge is -2.27. The molecule has 3 aromatic carbocycles. The maximum Gasteiger partial charge on any atom is 0.335 e. The lowest BCUT2D eigenvalue weighted by molar-refractivity contribution is -0.122. The highest BCUT2D eigenvalue weighted by atomic mass is 16.5. The average Bonchev–Trinajstić information content (AvgIpc) is 2.95. The van der Waals surface area contributed by atoms with E-state index in [2.05, 4.69) is 10.6 Å². The third-order valence-corrected chi connectivity index (χ3v) is 6.03. The standard InChI is InChI=1S/C31H31N3O7/c1-4-16-40-26-15-12-22(18-27(26)39-5-2)34-30(37)24(29(36)33-31(34)38)17-21-10-13-23(14-11-21)41-19-28(35)32-25-9-7-6-8-20(25)3/h6-15,17-18H,4-5,16,19H2,1-3H3,(H,32,35)(H,33,36,38)/b24-17+. The summed E-state index contributed by atoms with van der Waals surface area (Å²) in [4.78, 5) is 51.7. The van der Waals surface area contributed by atoms with Crippen LogP contribution in [-0.4, -0.2) is 43.6 Å². The SMILES string of the molecule is CCCOc1ccc(N2C(=O)NC(=O)/C(=C\c3ccc(OCC(=O)Nc4ccccc4C)cc3)C2=O)cc1OCC. The van der Waals surface area contributed by atoms with Crippen molar-refractivity contribution in [2.75, 3.05) is 30.0 Å². The molecule has 10 heteroatoms. The average molecular weight is 558 g/mol. The lowest BCUT2D eigenvalue weighted by Crippen LogP contribution is -2.54. The van der Waals surface area contributed by atoms with Gasteiger partial charge in [-0.1, -0.05) is 37.3 Å². The zero-order valence-corrected chi connectivity index (χ0v) is 23.1. The topological polar surface area (TPSA) is 123 Å². The molecule has 1 saturated heterocycles. The molecule has 0 unspecified atom stereocenters. The Kier molecular flexibility index (Phi) is 9.36. The van der Waals surface area contributed by atoms with Crippen molar-refractivity contribution in [2.24, 2.45) is 0 Å². The van der Waals surface area contributed by atoms with Gasteiger partial charge in [0.1, 0.15) is 11.3 Å². The van der Waals surface area contributed by atoms with Crippen LogP contribution in [0.25, 0.3) is 6.08 Å². The normalized spacial score (nSPS) is 14.1. The molecule has 3 aromatic rings. The van der Waals surface area contributed by atoms with Gasteiger partial charge in [-0.3, -0.25) is 19.7 Å². The first-order valence-corrected chi connectivity index (χ1v) is 13.2. The predicted octanol–water partition coefficient (Wildman–Crippen LogP) is 4.87. The molecule has 0 aromatic heterocycles. The third kappa shape index (κ3) is 7.10. The van der Waals surface area contributed by atoms with Gasteiger partial charge in [-0.2, -0.15) is 0 Å². The first-order valence-electron chi connectivity index (χ1n) is 13.2. The van der Waals surface area contributed by atoms with Crippen molar-refractivity contribution in [2.45, 2.75) is 27.2 Å². The molecule has 5 amide bonds. The van der Waals surface area contributed by atoms with Gasteiger partial charge in [0.15, 0.2) is 18.1 Å². The Hall–Kier alpha value is -5.12. The van der Waals surface area contributed by atoms with Crippen LogP contribution >= 0.6 is 0 Å². The van der Waals surface area contributed by atoms with Crippen LogP contribution in [0.1, 0.15) is 31.4 Å². The molecule has 10 nitrogen and oxygen atoms in total. The summed E-state index contributed by atoms with van der Waals surface area (Å²) in [6, 6.07) is 17.8. The molecular formula is C31H31N3O7. The quantitative estimate of drug-likeness (QED) is 0.255. The van der Waals surface area contributed by atoms with E-state index in [-0.39, 0.29) is 23.8 Å². The molecular weight excluding hydrogens is 526 g/mol. The van der Waals surface area contributed by atoms with Crippen molar-refractivity contribution in [1.29, 1.82) is 0 Å². The summed E-state index contributed by atoms with van der Waals surface area (Å²) in [5.74, 6) is -0.600. The number of carbonyl (C=O) groups excluding carboxylic acids is 4. The third-order valence-electron chi connectivity index (χ3n) is 6.03. The van der Waals surface area contributed by atoms with E-state index in [0.717, 1.165) is 16.9 Å². The number of benzene rings is 3. The number of rotatable bonds is 11. The molecule has 0 spiro atoms. The minimum absolute atomic E-state index is 0.196. The number of carbonyl (C=O) groups is 4. The van der Waals surface area contributed by atoms with Crippen LogP contribution in [0.5, 0.6) is 17.2 Å². The van der Waals surface area contributed by atoms with E-state index in [1.165, 1.54) is 12.1 Å². The van der Waals surface area contributed by atoms with Crippen LogP contribution < -0.4 is 29.7 Å². The Bertz CT molecular complexity index is 1480. The van der Waals surface area contributed by atoms with Gasteiger partial charge in [0.05, 0.1) is 18.9 Å². The molecule has 0 aliphatic carbocycles. The van der Waals surface area contributed by atoms with Gasteiger partial charge >= 0.3 is 6.03 Å². The van der Waals surface area contributed by atoms with E-state index in [0.29, 0.717) is 41.7 Å². The number of barbiturate groups is 1. The summed E-state index contributed by atoms with van der Waals surface area (Å²) in [6.07, 6.45) is 2.18. The Morgan fingerprint density at radius 2 is 1.68 bits per heavy atom. The molecule has 1 aliphatic rings. The number of nitrogens with zero attached hydrogens (tertiary/aromatic N) is 1. The number of para-hydroxylation sites is 1. The van der Waals surface area contributed by atoms with Crippen molar-refractivity contribution in [1.82, 2.24) is 5.32 Å². The van der Waals surface area contributed by atoms with Gasteiger partial charge in [0.2, 0.25) is 0 Å². The second-order valence-corrected chi connectivity index (χ2v) is 9.09. The van der Waals surface area contributed by atoms with Gasteiger partial charge < -0.3 is 19.5 Å². The minimum atomic E-state index is -0.866. The number of amides is 5. The summed E-state index contributed by atoms with van der Waals surface area (Å²) in [6.45, 7) is 6.32. The van der Waals surface area contributed by atoms with Crippen molar-refractivity contribution in [3.05, 3.63) is 83.4 Å². The second-order valence-electron chi connectivity index (χ2n) is 9.09.